The zero-order chi connectivity index (χ0) is 25.5. The summed E-state index contributed by atoms with van der Waals surface area (Å²) >= 11 is 0. The third-order valence-corrected chi connectivity index (χ3v) is 6.96. The Balaban J connectivity index is 2.47. The van der Waals surface area contributed by atoms with Crippen molar-refractivity contribution in [3.05, 3.63) is 66.2 Å². The molecular weight excluding hydrogens is 452 g/mol. The molecule has 0 aliphatic carbocycles. The average molecular weight is 489 g/mol. The van der Waals surface area contributed by atoms with Crippen LogP contribution in [-0.4, -0.2) is 61.7 Å². The van der Waals surface area contributed by atoms with Crippen LogP contribution in [0.25, 0.3) is 0 Å². The van der Waals surface area contributed by atoms with E-state index in [-0.39, 0.29) is 12.5 Å². The third kappa shape index (κ3) is 7.30. The molecule has 0 aromatic heterocycles. The first-order valence-electron chi connectivity index (χ1n) is 11.3. The number of hydrogen-bond acceptors (Lipinski definition) is 4. The molecule has 0 aliphatic heterocycles. The number of amides is 2. The Morgan fingerprint density at radius 1 is 0.941 bits per heavy atom. The Labute approximate surface area is 203 Å². The van der Waals surface area contributed by atoms with Crippen LogP contribution >= 0.6 is 0 Å². The van der Waals surface area contributed by atoms with Gasteiger partial charge in [-0.15, -0.1) is 0 Å². The van der Waals surface area contributed by atoms with E-state index in [9.17, 15) is 18.0 Å². The molecule has 8 nitrogen and oxygen atoms in total. The summed E-state index contributed by atoms with van der Waals surface area (Å²) in [6.45, 7) is 7.21. The summed E-state index contributed by atoms with van der Waals surface area (Å²) in [7, 11) is -1.12. The van der Waals surface area contributed by atoms with Gasteiger partial charge in [0, 0.05) is 26.2 Å². The summed E-state index contributed by atoms with van der Waals surface area (Å²) in [6.07, 6.45) is 0.381. The van der Waals surface area contributed by atoms with E-state index in [1.165, 1.54) is 19.0 Å². The molecule has 1 unspecified atom stereocenters. The molecule has 2 aromatic rings. The van der Waals surface area contributed by atoms with Crippen molar-refractivity contribution in [2.75, 3.05) is 24.9 Å². The second-order valence-electron chi connectivity index (χ2n) is 9.30. The molecule has 0 saturated heterocycles. The summed E-state index contributed by atoms with van der Waals surface area (Å²) in [5.41, 5.74) is 0.743. The third-order valence-electron chi connectivity index (χ3n) is 5.14. The maximum absolute atomic E-state index is 13.7. The Kier molecular flexibility index (Phi) is 9.23. The van der Waals surface area contributed by atoms with Gasteiger partial charge in [-0.3, -0.25) is 9.59 Å². The molecule has 0 radical (unpaired) electrons. The first-order chi connectivity index (χ1) is 15.9. The minimum atomic E-state index is -3.96. The van der Waals surface area contributed by atoms with Gasteiger partial charge in [-0.1, -0.05) is 55.5 Å². The van der Waals surface area contributed by atoms with E-state index in [2.05, 4.69) is 5.32 Å². The molecule has 9 heteroatoms. The standard InChI is InChI=1S/C25H36N4O4S/c1-7-22(24(31)26-25(2,3)4)28(18-20-14-10-8-11-15-20)23(30)19-29(34(32,33)27(5)6)21-16-12-9-13-17-21/h8-17,22H,7,18-19H2,1-6H3,(H,26,31). The maximum atomic E-state index is 13.7. The molecule has 0 heterocycles. The van der Waals surface area contributed by atoms with Crippen molar-refractivity contribution in [3.8, 4) is 0 Å². The smallest absolute Gasteiger partial charge is 0.304 e. The summed E-state index contributed by atoms with van der Waals surface area (Å²) in [4.78, 5) is 28.3. The van der Waals surface area contributed by atoms with Crippen LogP contribution < -0.4 is 9.62 Å². The summed E-state index contributed by atoms with van der Waals surface area (Å²) < 4.78 is 28.4. The number of nitrogens with zero attached hydrogens (tertiary/aromatic N) is 3. The Bertz CT molecular complexity index is 1050. The second-order valence-corrected chi connectivity index (χ2v) is 11.4. The lowest BCUT2D eigenvalue weighted by Gasteiger charge is -2.35. The number of para-hydroxylation sites is 1. The Hall–Kier alpha value is -2.91. The molecule has 0 aliphatic rings. The predicted molar refractivity (Wildman–Crippen MR) is 135 cm³/mol. The second kappa shape index (κ2) is 11.5. The SMILES string of the molecule is CCC(C(=O)NC(C)(C)C)N(Cc1ccccc1)C(=O)CN(c1ccccc1)S(=O)(=O)N(C)C. The normalized spacial score (nSPS) is 12.8. The minimum Gasteiger partial charge on any atom is -0.350 e. The van der Waals surface area contributed by atoms with E-state index in [0.29, 0.717) is 12.1 Å². The molecule has 34 heavy (non-hydrogen) atoms. The molecule has 1 atom stereocenters. The summed E-state index contributed by atoms with van der Waals surface area (Å²) in [5.74, 6) is -0.741. The lowest BCUT2D eigenvalue weighted by atomic mass is 10.1. The molecule has 2 aromatic carbocycles. The van der Waals surface area contributed by atoms with E-state index in [1.807, 2.05) is 58.0 Å². The van der Waals surface area contributed by atoms with Crippen molar-refractivity contribution in [1.29, 1.82) is 0 Å². The highest BCUT2D eigenvalue weighted by Gasteiger charge is 2.34. The quantitative estimate of drug-likeness (QED) is 0.557. The number of carbonyl (C=O) groups excluding carboxylic acids is 2. The van der Waals surface area contributed by atoms with E-state index < -0.39 is 34.2 Å². The summed E-state index contributed by atoms with van der Waals surface area (Å²) in [5, 5.41) is 2.95. The van der Waals surface area contributed by atoms with Crippen molar-refractivity contribution >= 4 is 27.7 Å². The van der Waals surface area contributed by atoms with Crippen LogP contribution in [-0.2, 0) is 26.3 Å². The Morgan fingerprint density at radius 3 is 1.94 bits per heavy atom. The zero-order valence-electron chi connectivity index (χ0n) is 20.9. The fourth-order valence-electron chi connectivity index (χ4n) is 3.46. The van der Waals surface area contributed by atoms with Gasteiger partial charge in [0.2, 0.25) is 11.8 Å². The van der Waals surface area contributed by atoms with E-state index in [4.69, 9.17) is 0 Å². The minimum absolute atomic E-state index is 0.181. The number of hydrogen-bond donors (Lipinski definition) is 1. The van der Waals surface area contributed by atoms with Gasteiger partial charge in [0.1, 0.15) is 12.6 Å². The maximum Gasteiger partial charge on any atom is 0.304 e. The molecule has 2 amide bonds. The van der Waals surface area contributed by atoms with Gasteiger partial charge in [-0.05, 0) is 44.9 Å². The molecule has 186 valence electrons. The molecule has 0 bridgehead atoms. The topological polar surface area (TPSA) is 90.0 Å². The van der Waals surface area contributed by atoms with Crippen LogP contribution in [0.15, 0.2) is 60.7 Å². The van der Waals surface area contributed by atoms with Gasteiger partial charge in [0.15, 0.2) is 0 Å². The van der Waals surface area contributed by atoms with Crippen LogP contribution in [0.3, 0.4) is 0 Å². The van der Waals surface area contributed by atoms with E-state index in [1.54, 1.807) is 30.3 Å². The largest absolute Gasteiger partial charge is 0.350 e. The number of carbonyl (C=O) groups is 2. The van der Waals surface area contributed by atoms with Gasteiger partial charge in [-0.25, -0.2) is 4.31 Å². The highest BCUT2D eigenvalue weighted by atomic mass is 32.2. The van der Waals surface area contributed by atoms with Crippen LogP contribution in [0, 0.1) is 0 Å². The van der Waals surface area contributed by atoms with Crippen LogP contribution in [0.2, 0.25) is 0 Å². The first-order valence-corrected chi connectivity index (χ1v) is 12.7. The highest BCUT2D eigenvalue weighted by molar-refractivity contribution is 7.90. The molecule has 0 spiro atoms. The van der Waals surface area contributed by atoms with Crippen LogP contribution in [0.5, 0.6) is 0 Å². The van der Waals surface area contributed by atoms with E-state index in [0.717, 1.165) is 14.2 Å². The number of rotatable bonds is 10. The predicted octanol–water partition coefficient (Wildman–Crippen LogP) is 3.02. The zero-order valence-corrected chi connectivity index (χ0v) is 21.7. The van der Waals surface area contributed by atoms with Crippen molar-refractivity contribution in [3.63, 3.8) is 0 Å². The number of anilines is 1. The first kappa shape index (κ1) is 27.3. The molecule has 0 fully saturated rings. The molecule has 1 N–H and O–H groups in total. The summed E-state index contributed by atoms with van der Waals surface area (Å²) in [6, 6.07) is 17.1. The Morgan fingerprint density at radius 2 is 1.47 bits per heavy atom. The molecule has 0 saturated carbocycles. The lowest BCUT2D eigenvalue weighted by molar-refractivity contribution is -0.141. The van der Waals surface area contributed by atoms with Crippen LogP contribution in [0.1, 0.15) is 39.7 Å². The van der Waals surface area contributed by atoms with Gasteiger partial charge in [0.05, 0.1) is 5.69 Å². The average Bonchev–Trinajstić information content (AvgIpc) is 2.77. The van der Waals surface area contributed by atoms with E-state index >= 15 is 0 Å². The number of nitrogens with one attached hydrogen (secondary N) is 1. The fraction of sp³-hybridized carbons (Fsp3) is 0.440. The molecular formula is C25H36N4O4S. The van der Waals surface area contributed by atoms with Crippen molar-refractivity contribution in [1.82, 2.24) is 14.5 Å². The van der Waals surface area contributed by atoms with Gasteiger partial charge >= 0.3 is 10.2 Å². The van der Waals surface area contributed by atoms with Gasteiger partial charge in [-0.2, -0.15) is 12.7 Å². The highest BCUT2D eigenvalue weighted by Crippen LogP contribution is 2.21. The van der Waals surface area contributed by atoms with Crippen molar-refractivity contribution < 1.29 is 18.0 Å². The van der Waals surface area contributed by atoms with Crippen molar-refractivity contribution in [2.45, 2.75) is 52.2 Å². The monoisotopic (exact) mass is 488 g/mol. The fourth-order valence-corrected chi connectivity index (χ4v) is 4.52. The van der Waals surface area contributed by atoms with Crippen LogP contribution in [0.4, 0.5) is 5.69 Å². The molecule has 2 rings (SSSR count). The number of benzene rings is 2. The van der Waals surface area contributed by atoms with Gasteiger partial charge in [0.25, 0.3) is 0 Å². The lowest BCUT2D eigenvalue weighted by Crippen LogP contribution is -2.55. The van der Waals surface area contributed by atoms with Crippen molar-refractivity contribution in [2.24, 2.45) is 0 Å². The van der Waals surface area contributed by atoms with Gasteiger partial charge < -0.3 is 10.2 Å².